The van der Waals surface area contributed by atoms with Crippen molar-refractivity contribution in [1.29, 1.82) is 0 Å². The van der Waals surface area contributed by atoms with Crippen LogP contribution in [-0.2, 0) is 0 Å². The Bertz CT molecular complexity index is 336. The Kier molecular flexibility index (Phi) is 4.38. The lowest BCUT2D eigenvalue weighted by molar-refractivity contribution is 0.185. The predicted molar refractivity (Wildman–Crippen MR) is 69.4 cm³/mol. The molecule has 88 valence electrons. The molecule has 16 heavy (non-hydrogen) atoms. The molecule has 1 saturated heterocycles. The molecule has 2 nitrogen and oxygen atoms in total. The van der Waals surface area contributed by atoms with Crippen molar-refractivity contribution in [2.24, 2.45) is 0 Å². The van der Waals surface area contributed by atoms with E-state index < -0.39 is 0 Å². The smallest absolute Gasteiger partial charge is 0.0449 e. The van der Waals surface area contributed by atoms with Crippen molar-refractivity contribution >= 4 is 15.9 Å². The zero-order valence-corrected chi connectivity index (χ0v) is 11.0. The predicted octanol–water partition coefficient (Wildman–Crippen LogP) is 2.97. The molecular formula is C13H18BrNO. The zero-order valence-electron chi connectivity index (χ0n) is 9.40. The lowest BCUT2D eigenvalue weighted by atomic mass is 10.0. The van der Waals surface area contributed by atoms with Crippen LogP contribution in [-0.4, -0.2) is 29.7 Å². The topological polar surface area (TPSA) is 23.5 Å². The van der Waals surface area contributed by atoms with Gasteiger partial charge in [0, 0.05) is 17.1 Å². The van der Waals surface area contributed by atoms with E-state index >= 15 is 0 Å². The highest BCUT2D eigenvalue weighted by Gasteiger charge is 2.24. The molecule has 0 saturated carbocycles. The Hall–Kier alpha value is -0.380. The van der Waals surface area contributed by atoms with E-state index in [0.29, 0.717) is 6.04 Å². The molecule has 2 rings (SSSR count). The van der Waals surface area contributed by atoms with Crippen molar-refractivity contribution in [2.45, 2.75) is 25.3 Å². The lowest BCUT2D eigenvalue weighted by Crippen LogP contribution is -2.26. The second kappa shape index (κ2) is 5.80. The van der Waals surface area contributed by atoms with Gasteiger partial charge in [0.05, 0.1) is 0 Å². The van der Waals surface area contributed by atoms with Crippen LogP contribution in [0.1, 0.15) is 30.9 Å². The molecule has 1 aliphatic heterocycles. The van der Waals surface area contributed by atoms with Gasteiger partial charge in [0.1, 0.15) is 0 Å². The summed E-state index contributed by atoms with van der Waals surface area (Å²) in [4.78, 5) is 2.48. The number of nitrogens with zero attached hydrogens (tertiary/aromatic N) is 1. The summed E-state index contributed by atoms with van der Waals surface area (Å²) in [7, 11) is 0. The summed E-state index contributed by atoms with van der Waals surface area (Å²) in [6.07, 6.45) is 3.39. The van der Waals surface area contributed by atoms with Crippen molar-refractivity contribution in [2.75, 3.05) is 19.7 Å². The minimum atomic E-state index is 0.252. The third kappa shape index (κ3) is 2.65. The van der Waals surface area contributed by atoms with Gasteiger partial charge in [0.2, 0.25) is 0 Å². The first-order valence-electron chi connectivity index (χ1n) is 5.92. The summed E-state index contributed by atoms with van der Waals surface area (Å²) in [5.74, 6) is 0. The van der Waals surface area contributed by atoms with E-state index in [2.05, 4.69) is 39.0 Å². The molecule has 1 N–H and O–H groups in total. The monoisotopic (exact) mass is 283 g/mol. The average Bonchev–Trinajstić information content (AvgIpc) is 2.80. The van der Waals surface area contributed by atoms with Crippen LogP contribution in [0.5, 0.6) is 0 Å². The van der Waals surface area contributed by atoms with E-state index in [9.17, 15) is 5.11 Å². The molecule has 0 aromatic heterocycles. The van der Waals surface area contributed by atoms with E-state index in [1.165, 1.54) is 18.4 Å². The molecule has 1 aliphatic rings. The van der Waals surface area contributed by atoms with E-state index in [0.717, 1.165) is 24.0 Å². The summed E-state index contributed by atoms with van der Waals surface area (Å²) in [6, 6.07) is 8.70. The van der Waals surface area contributed by atoms with Gasteiger partial charge in [-0.15, -0.1) is 0 Å². The molecule has 1 aromatic rings. The molecular weight excluding hydrogens is 266 g/mol. The van der Waals surface area contributed by atoms with Gasteiger partial charge in [-0.05, 0) is 44.0 Å². The minimum absolute atomic E-state index is 0.252. The standard InChI is InChI=1S/C13H18BrNO/c14-12-6-2-1-5-11(12)13(7-10-16)15-8-3-4-9-15/h1-2,5-6,13,16H,3-4,7-10H2. The maximum absolute atomic E-state index is 9.21. The number of halogens is 1. The highest BCUT2D eigenvalue weighted by molar-refractivity contribution is 9.10. The van der Waals surface area contributed by atoms with Crippen molar-refractivity contribution in [3.8, 4) is 0 Å². The molecule has 0 bridgehead atoms. The average molecular weight is 284 g/mol. The Balaban J connectivity index is 2.21. The maximum Gasteiger partial charge on any atom is 0.0449 e. The fourth-order valence-electron chi connectivity index (χ4n) is 2.46. The number of rotatable bonds is 4. The van der Waals surface area contributed by atoms with Crippen LogP contribution in [0.15, 0.2) is 28.7 Å². The van der Waals surface area contributed by atoms with Crippen LogP contribution in [0.25, 0.3) is 0 Å². The Morgan fingerprint density at radius 2 is 1.94 bits per heavy atom. The minimum Gasteiger partial charge on any atom is -0.396 e. The normalized spacial score (nSPS) is 18.9. The van der Waals surface area contributed by atoms with Crippen LogP contribution in [0.4, 0.5) is 0 Å². The number of aliphatic hydroxyl groups is 1. The second-order valence-electron chi connectivity index (χ2n) is 4.29. The third-order valence-electron chi connectivity index (χ3n) is 3.25. The van der Waals surface area contributed by atoms with Gasteiger partial charge in [0.25, 0.3) is 0 Å². The van der Waals surface area contributed by atoms with Gasteiger partial charge < -0.3 is 5.11 Å². The first-order valence-corrected chi connectivity index (χ1v) is 6.71. The summed E-state index contributed by atoms with van der Waals surface area (Å²) in [5.41, 5.74) is 1.30. The largest absolute Gasteiger partial charge is 0.396 e. The van der Waals surface area contributed by atoms with Gasteiger partial charge in [0.15, 0.2) is 0 Å². The van der Waals surface area contributed by atoms with Crippen LogP contribution < -0.4 is 0 Å². The number of likely N-dealkylation sites (tertiary alicyclic amines) is 1. The number of benzene rings is 1. The van der Waals surface area contributed by atoms with E-state index in [4.69, 9.17) is 0 Å². The third-order valence-corrected chi connectivity index (χ3v) is 3.97. The van der Waals surface area contributed by atoms with Crippen molar-refractivity contribution in [3.63, 3.8) is 0 Å². The zero-order chi connectivity index (χ0) is 11.4. The maximum atomic E-state index is 9.21. The summed E-state index contributed by atoms with van der Waals surface area (Å²) >= 11 is 3.61. The molecule has 1 atom stereocenters. The first kappa shape index (κ1) is 12.1. The van der Waals surface area contributed by atoms with E-state index in [1.807, 2.05) is 6.07 Å². The Morgan fingerprint density at radius 3 is 2.56 bits per heavy atom. The SMILES string of the molecule is OCCC(c1ccccc1Br)N1CCCC1. The molecule has 1 heterocycles. The molecule has 1 unspecified atom stereocenters. The second-order valence-corrected chi connectivity index (χ2v) is 5.15. The van der Waals surface area contributed by atoms with Gasteiger partial charge in [-0.25, -0.2) is 0 Å². The fourth-order valence-corrected chi connectivity index (χ4v) is 3.00. The molecule has 0 aliphatic carbocycles. The van der Waals surface area contributed by atoms with Crippen LogP contribution in [0.3, 0.4) is 0 Å². The summed E-state index contributed by atoms with van der Waals surface area (Å²) in [5, 5.41) is 9.21. The molecule has 1 aromatic carbocycles. The number of hydrogen-bond donors (Lipinski definition) is 1. The highest BCUT2D eigenvalue weighted by Crippen LogP contribution is 2.32. The van der Waals surface area contributed by atoms with Gasteiger partial charge in [-0.2, -0.15) is 0 Å². The highest BCUT2D eigenvalue weighted by atomic mass is 79.9. The molecule has 0 radical (unpaired) electrons. The van der Waals surface area contributed by atoms with E-state index in [-0.39, 0.29) is 6.61 Å². The van der Waals surface area contributed by atoms with Gasteiger partial charge in [-0.3, -0.25) is 4.90 Å². The number of hydrogen-bond acceptors (Lipinski definition) is 2. The molecule has 0 amide bonds. The van der Waals surface area contributed by atoms with E-state index in [1.54, 1.807) is 0 Å². The van der Waals surface area contributed by atoms with Crippen molar-refractivity contribution < 1.29 is 5.11 Å². The first-order chi connectivity index (χ1) is 7.83. The van der Waals surface area contributed by atoms with Crippen LogP contribution in [0, 0.1) is 0 Å². The van der Waals surface area contributed by atoms with Crippen LogP contribution in [0.2, 0.25) is 0 Å². The van der Waals surface area contributed by atoms with Crippen molar-refractivity contribution in [1.82, 2.24) is 4.90 Å². The lowest BCUT2D eigenvalue weighted by Gasteiger charge is -2.28. The quantitative estimate of drug-likeness (QED) is 0.919. The summed E-state index contributed by atoms with van der Waals surface area (Å²) < 4.78 is 1.15. The molecule has 1 fully saturated rings. The van der Waals surface area contributed by atoms with Gasteiger partial charge >= 0.3 is 0 Å². The summed E-state index contributed by atoms with van der Waals surface area (Å²) in [6.45, 7) is 2.57. The van der Waals surface area contributed by atoms with Crippen molar-refractivity contribution in [3.05, 3.63) is 34.3 Å². The van der Waals surface area contributed by atoms with Gasteiger partial charge in [-0.1, -0.05) is 34.1 Å². The molecule has 0 spiro atoms. The fraction of sp³-hybridized carbons (Fsp3) is 0.538. The Labute approximate surface area is 105 Å². The molecule has 3 heteroatoms. The number of aliphatic hydroxyl groups excluding tert-OH is 1. The Morgan fingerprint density at radius 1 is 1.25 bits per heavy atom. The van der Waals surface area contributed by atoms with Crippen LogP contribution >= 0.6 is 15.9 Å².